The smallest absolute Gasteiger partial charge is 0.344 e. The lowest BCUT2D eigenvalue weighted by atomic mass is 10.1. The summed E-state index contributed by atoms with van der Waals surface area (Å²) in [4.78, 5) is 23.3. The Morgan fingerprint density at radius 2 is 2.10 bits per heavy atom. The molecule has 0 amide bonds. The van der Waals surface area contributed by atoms with Gasteiger partial charge in [0.25, 0.3) is 0 Å². The van der Waals surface area contributed by atoms with Crippen molar-refractivity contribution in [1.29, 1.82) is 0 Å². The Hall–Kier alpha value is -2.10. The van der Waals surface area contributed by atoms with Crippen LogP contribution in [0.3, 0.4) is 0 Å². The van der Waals surface area contributed by atoms with Crippen molar-refractivity contribution in [3.8, 4) is 5.75 Å². The molecule has 0 aliphatic carbocycles. The lowest BCUT2D eigenvalue weighted by Gasteiger charge is -2.07. The molecule has 1 aromatic carbocycles. The van der Waals surface area contributed by atoms with Crippen molar-refractivity contribution in [1.82, 2.24) is 0 Å². The van der Waals surface area contributed by atoms with Crippen molar-refractivity contribution >= 4 is 17.7 Å². The minimum Gasteiger partial charge on any atom is -0.426 e. The molecule has 0 saturated carbocycles. The number of hydrogen-bond donors (Lipinski definition) is 0. The largest absolute Gasteiger partial charge is 0.426 e. The fraction of sp³-hybridized carbons (Fsp3) is 0.375. The van der Waals surface area contributed by atoms with Crippen molar-refractivity contribution < 1.29 is 19.1 Å². The Labute approximate surface area is 118 Å². The Bertz CT molecular complexity index is 570. The molecule has 0 bridgehead atoms. The topological polar surface area (TPSA) is 52.6 Å². The number of carbonyl (C=O) groups is 2. The van der Waals surface area contributed by atoms with Gasteiger partial charge in [-0.2, -0.15) is 0 Å². The number of rotatable bonds is 4. The van der Waals surface area contributed by atoms with E-state index >= 15 is 0 Å². The first-order valence-electron chi connectivity index (χ1n) is 6.81. The van der Waals surface area contributed by atoms with Gasteiger partial charge in [0.2, 0.25) is 0 Å². The molecule has 0 aromatic heterocycles. The molecule has 0 spiro atoms. The summed E-state index contributed by atoms with van der Waals surface area (Å²) in [6.07, 6.45) is 3.69. The van der Waals surface area contributed by atoms with Gasteiger partial charge < -0.3 is 9.47 Å². The third kappa shape index (κ3) is 2.90. The molecule has 0 saturated heterocycles. The Morgan fingerprint density at radius 1 is 1.35 bits per heavy atom. The van der Waals surface area contributed by atoms with Crippen LogP contribution in [0.4, 0.5) is 0 Å². The van der Waals surface area contributed by atoms with E-state index in [1.54, 1.807) is 32.0 Å². The van der Waals surface area contributed by atoms with Gasteiger partial charge in [-0.3, -0.25) is 4.79 Å². The Morgan fingerprint density at radius 3 is 2.75 bits per heavy atom. The molecule has 2 rings (SSSR count). The molecule has 0 unspecified atom stereocenters. The maximum Gasteiger partial charge on any atom is 0.344 e. The molecule has 0 fully saturated rings. The zero-order valence-corrected chi connectivity index (χ0v) is 11.9. The lowest BCUT2D eigenvalue weighted by molar-refractivity contribution is -0.137. The number of hydrogen-bond acceptors (Lipinski definition) is 4. The first-order chi connectivity index (χ1) is 9.52. The van der Waals surface area contributed by atoms with Crippen molar-refractivity contribution in [2.24, 2.45) is 5.92 Å². The van der Waals surface area contributed by atoms with Crippen LogP contribution in [-0.2, 0) is 9.53 Å². The molecule has 1 aromatic rings. The van der Waals surface area contributed by atoms with Gasteiger partial charge in [-0.05, 0) is 30.7 Å². The molecule has 4 nitrogen and oxygen atoms in total. The van der Waals surface area contributed by atoms with Crippen LogP contribution in [0.2, 0.25) is 0 Å². The number of benzene rings is 1. The Balaban J connectivity index is 2.30. The van der Waals surface area contributed by atoms with Crippen molar-refractivity contribution in [3.05, 3.63) is 35.4 Å². The van der Waals surface area contributed by atoms with E-state index in [2.05, 4.69) is 6.92 Å². The fourth-order valence-electron chi connectivity index (χ4n) is 1.84. The van der Waals surface area contributed by atoms with Crippen LogP contribution in [0.25, 0.3) is 5.76 Å². The fourth-order valence-corrected chi connectivity index (χ4v) is 1.84. The second-order valence-corrected chi connectivity index (χ2v) is 5.03. The molecule has 20 heavy (non-hydrogen) atoms. The van der Waals surface area contributed by atoms with Crippen LogP contribution < -0.4 is 4.74 Å². The number of cyclic esters (lactones) is 1. The molecular weight excluding hydrogens is 256 g/mol. The van der Waals surface area contributed by atoms with Crippen LogP contribution in [0.1, 0.15) is 49.5 Å². The number of fused-ring (bicyclic) bond motifs is 1. The van der Waals surface area contributed by atoms with Crippen LogP contribution in [0, 0.1) is 5.92 Å². The van der Waals surface area contributed by atoms with Crippen molar-refractivity contribution in [2.75, 3.05) is 0 Å². The zero-order chi connectivity index (χ0) is 14.7. The molecule has 1 aliphatic heterocycles. The second-order valence-electron chi connectivity index (χ2n) is 5.03. The maximum absolute atomic E-state index is 11.7. The van der Waals surface area contributed by atoms with E-state index in [-0.39, 0.29) is 17.9 Å². The normalized spacial score (nSPS) is 15.4. The average molecular weight is 274 g/mol. The average Bonchev–Trinajstić information content (AvgIpc) is 2.72. The van der Waals surface area contributed by atoms with E-state index in [0.29, 0.717) is 22.6 Å². The van der Waals surface area contributed by atoms with E-state index in [1.165, 1.54) is 0 Å². The molecule has 0 N–H and O–H groups in total. The SMILES string of the molecule is CCC/C=C1\OC(=O)c2ccc(OC(=O)C(C)C)cc21. The highest BCUT2D eigenvalue weighted by Crippen LogP contribution is 2.33. The molecule has 0 radical (unpaired) electrons. The number of carbonyl (C=O) groups excluding carboxylic acids is 2. The van der Waals surface area contributed by atoms with Crippen molar-refractivity contribution in [2.45, 2.75) is 33.6 Å². The third-order valence-electron chi connectivity index (χ3n) is 2.99. The summed E-state index contributed by atoms with van der Waals surface area (Å²) in [6, 6.07) is 4.93. The highest BCUT2D eigenvalue weighted by molar-refractivity contribution is 6.03. The maximum atomic E-state index is 11.7. The van der Waals surface area contributed by atoms with Crippen molar-refractivity contribution in [3.63, 3.8) is 0 Å². The van der Waals surface area contributed by atoms with Gasteiger partial charge in [0, 0.05) is 5.56 Å². The predicted molar refractivity (Wildman–Crippen MR) is 75.2 cm³/mol. The lowest BCUT2D eigenvalue weighted by Crippen LogP contribution is -2.14. The van der Waals surface area contributed by atoms with Gasteiger partial charge in [-0.15, -0.1) is 0 Å². The van der Waals surface area contributed by atoms with Gasteiger partial charge in [0.15, 0.2) is 0 Å². The first kappa shape index (κ1) is 14.3. The Kier molecular flexibility index (Phi) is 4.23. The number of unbranched alkanes of at least 4 members (excludes halogenated alkanes) is 1. The number of allylic oxidation sites excluding steroid dienone is 1. The molecule has 106 valence electrons. The summed E-state index contributed by atoms with van der Waals surface area (Å²) in [5, 5.41) is 0. The van der Waals surface area contributed by atoms with Crippen LogP contribution in [0.15, 0.2) is 24.3 Å². The predicted octanol–water partition coefficient (Wildman–Crippen LogP) is 3.56. The number of ether oxygens (including phenoxy) is 2. The van der Waals surface area contributed by atoms with Crippen LogP contribution in [-0.4, -0.2) is 11.9 Å². The van der Waals surface area contributed by atoms with Gasteiger partial charge in [-0.25, -0.2) is 4.79 Å². The first-order valence-corrected chi connectivity index (χ1v) is 6.81. The summed E-state index contributed by atoms with van der Waals surface area (Å²) in [5.74, 6) is 0.132. The summed E-state index contributed by atoms with van der Waals surface area (Å²) in [5.41, 5.74) is 1.20. The van der Waals surface area contributed by atoms with Crippen LogP contribution in [0.5, 0.6) is 5.75 Å². The molecular formula is C16H18O4. The minimum absolute atomic E-state index is 0.198. The summed E-state index contributed by atoms with van der Waals surface area (Å²) >= 11 is 0. The minimum atomic E-state index is -0.357. The third-order valence-corrected chi connectivity index (χ3v) is 2.99. The second kappa shape index (κ2) is 5.90. The van der Waals surface area contributed by atoms with E-state index in [1.807, 2.05) is 6.08 Å². The quantitative estimate of drug-likeness (QED) is 0.622. The highest BCUT2D eigenvalue weighted by Gasteiger charge is 2.27. The highest BCUT2D eigenvalue weighted by atomic mass is 16.5. The van der Waals surface area contributed by atoms with Crippen LogP contribution >= 0.6 is 0 Å². The van der Waals surface area contributed by atoms with Gasteiger partial charge in [0.1, 0.15) is 11.5 Å². The summed E-state index contributed by atoms with van der Waals surface area (Å²) in [7, 11) is 0. The molecule has 0 atom stereocenters. The van der Waals surface area contributed by atoms with Gasteiger partial charge >= 0.3 is 11.9 Å². The van der Waals surface area contributed by atoms with E-state index in [4.69, 9.17) is 9.47 Å². The van der Waals surface area contributed by atoms with Gasteiger partial charge in [0.05, 0.1) is 11.5 Å². The zero-order valence-electron chi connectivity index (χ0n) is 11.9. The monoisotopic (exact) mass is 274 g/mol. The molecule has 1 heterocycles. The standard InChI is InChI=1S/C16H18O4/c1-4-5-6-14-13-9-11(19-15(17)10(2)3)7-8-12(13)16(18)20-14/h6-10H,4-5H2,1-3H3/b14-6-. The van der Waals surface area contributed by atoms with E-state index in [9.17, 15) is 9.59 Å². The van der Waals surface area contributed by atoms with E-state index < -0.39 is 0 Å². The summed E-state index contributed by atoms with van der Waals surface area (Å²) in [6.45, 7) is 5.60. The molecule has 4 heteroatoms. The van der Waals surface area contributed by atoms with E-state index in [0.717, 1.165) is 12.8 Å². The molecule has 1 aliphatic rings. The summed E-state index contributed by atoms with van der Waals surface area (Å²) < 4.78 is 10.5. The number of esters is 2. The van der Waals surface area contributed by atoms with Gasteiger partial charge in [-0.1, -0.05) is 27.2 Å².